The zero-order valence-corrected chi connectivity index (χ0v) is 16.0. The zero-order valence-electron chi connectivity index (χ0n) is 15.2. The lowest BCUT2D eigenvalue weighted by Crippen LogP contribution is -2.44. The van der Waals surface area contributed by atoms with Crippen molar-refractivity contribution in [3.8, 4) is 0 Å². The van der Waals surface area contributed by atoms with E-state index in [4.69, 9.17) is 0 Å². The first kappa shape index (κ1) is 18.9. The Morgan fingerprint density at radius 2 is 2.00 bits per heavy atom. The fraction of sp³-hybridized carbons (Fsp3) is 0.722. The van der Waals surface area contributed by atoms with Crippen LogP contribution in [-0.4, -0.2) is 40.8 Å². The summed E-state index contributed by atoms with van der Waals surface area (Å²) in [4.78, 5) is 32.0. The molecular formula is C18H29N3O2S. The number of hydrogen-bond acceptors (Lipinski definition) is 4. The van der Waals surface area contributed by atoms with E-state index < -0.39 is 0 Å². The highest BCUT2D eigenvalue weighted by molar-refractivity contribution is 7.13. The molecule has 1 aliphatic heterocycles. The van der Waals surface area contributed by atoms with Gasteiger partial charge in [-0.1, -0.05) is 13.3 Å². The molecule has 2 rings (SSSR count). The molecule has 1 aromatic rings. The van der Waals surface area contributed by atoms with Crippen LogP contribution in [0.5, 0.6) is 0 Å². The summed E-state index contributed by atoms with van der Waals surface area (Å²) in [5, 5.41) is 4.03. The molecule has 2 heterocycles. The maximum absolute atomic E-state index is 12.8. The van der Waals surface area contributed by atoms with Crippen LogP contribution in [0.15, 0.2) is 0 Å². The van der Waals surface area contributed by atoms with Crippen LogP contribution >= 0.6 is 11.3 Å². The average Bonchev–Trinajstić information content (AvgIpc) is 2.92. The van der Waals surface area contributed by atoms with Crippen LogP contribution in [0.4, 0.5) is 0 Å². The number of piperidine rings is 1. The molecule has 0 aliphatic carbocycles. The molecule has 134 valence electrons. The van der Waals surface area contributed by atoms with Gasteiger partial charge in [-0.3, -0.25) is 9.59 Å². The third-order valence-corrected chi connectivity index (χ3v) is 5.57. The summed E-state index contributed by atoms with van der Waals surface area (Å²) < 4.78 is 0. The molecular weight excluding hydrogens is 322 g/mol. The summed E-state index contributed by atoms with van der Waals surface area (Å²) >= 11 is 1.54. The van der Waals surface area contributed by atoms with Gasteiger partial charge in [0.25, 0.3) is 5.91 Å². The molecule has 0 saturated carbocycles. The van der Waals surface area contributed by atoms with Crippen molar-refractivity contribution < 1.29 is 9.59 Å². The number of hydrogen-bond donors (Lipinski definition) is 1. The smallest absolute Gasteiger partial charge is 0.265 e. The van der Waals surface area contributed by atoms with E-state index in [2.05, 4.69) is 17.2 Å². The second-order valence-corrected chi connectivity index (χ2v) is 7.94. The largest absolute Gasteiger partial charge is 0.354 e. The summed E-state index contributed by atoms with van der Waals surface area (Å²) in [7, 11) is 0. The molecule has 1 aliphatic rings. The highest BCUT2D eigenvalue weighted by Gasteiger charge is 2.29. The van der Waals surface area contributed by atoms with E-state index in [1.165, 1.54) is 11.3 Å². The quantitative estimate of drug-likeness (QED) is 0.856. The SMILES string of the molecule is CCCCc1nc(C)c(C(=O)N2CCC(C(=O)NC(C)C)CC2)s1. The molecule has 0 bridgehead atoms. The Hall–Kier alpha value is -1.43. The van der Waals surface area contributed by atoms with Crippen molar-refractivity contribution in [3.63, 3.8) is 0 Å². The number of unbranched alkanes of at least 4 members (excludes halogenated alkanes) is 1. The standard InChI is InChI=1S/C18H29N3O2S/c1-5-6-7-15-20-13(4)16(24-15)18(23)21-10-8-14(9-11-21)17(22)19-12(2)3/h12,14H,5-11H2,1-4H3,(H,19,22). The highest BCUT2D eigenvalue weighted by atomic mass is 32.1. The Labute approximate surface area is 148 Å². The minimum Gasteiger partial charge on any atom is -0.354 e. The molecule has 1 fully saturated rings. The Morgan fingerprint density at radius 3 is 2.58 bits per heavy atom. The van der Waals surface area contributed by atoms with E-state index in [0.29, 0.717) is 13.1 Å². The summed E-state index contributed by atoms with van der Waals surface area (Å²) in [6, 6.07) is 0.165. The lowest BCUT2D eigenvalue weighted by Gasteiger charge is -2.31. The second-order valence-electron chi connectivity index (χ2n) is 6.86. The van der Waals surface area contributed by atoms with Gasteiger partial charge in [-0.15, -0.1) is 11.3 Å². The fourth-order valence-electron chi connectivity index (χ4n) is 2.98. The first-order valence-corrected chi connectivity index (χ1v) is 9.80. The van der Waals surface area contributed by atoms with Gasteiger partial charge in [0, 0.05) is 25.0 Å². The average molecular weight is 352 g/mol. The molecule has 1 saturated heterocycles. The molecule has 5 nitrogen and oxygen atoms in total. The van der Waals surface area contributed by atoms with Gasteiger partial charge in [-0.25, -0.2) is 4.98 Å². The Kier molecular flexibility index (Phi) is 6.78. The summed E-state index contributed by atoms with van der Waals surface area (Å²) in [5.74, 6) is 0.225. The lowest BCUT2D eigenvalue weighted by atomic mass is 9.95. The van der Waals surface area contributed by atoms with Crippen molar-refractivity contribution in [3.05, 3.63) is 15.6 Å². The van der Waals surface area contributed by atoms with Crippen LogP contribution < -0.4 is 5.32 Å². The van der Waals surface area contributed by atoms with E-state index in [9.17, 15) is 9.59 Å². The highest BCUT2D eigenvalue weighted by Crippen LogP contribution is 2.25. The van der Waals surface area contributed by atoms with E-state index in [1.54, 1.807) is 0 Å². The van der Waals surface area contributed by atoms with Gasteiger partial charge >= 0.3 is 0 Å². The van der Waals surface area contributed by atoms with Gasteiger partial charge in [-0.2, -0.15) is 0 Å². The van der Waals surface area contributed by atoms with Gasteiger partial charge in [0.05, 0.1) is 10.7 Å². The van der Waals surface area contributed by atoms with Gasteiger partial charge in [0.15, 0.2) is 0 Å². The molecule has 0 spiro atoms. The van der Waals surface area contributed by atoms with Crippen LogP contribution in [0.1, 0.15) is 66.8 Å². The number of nitrogens with zero attached hydrogens (tertiary/aromatic N) is 2. The number of amides is 2. The van der Waals surface area contributed by atoms with Crippen LogP contribution in [0.25, 0.3) is 0 Å². The van der Waals surface area contributed by atoms with Crippen molar-refractivity contribution in [2.24, 2.45) is 5.92 Å². The molecule has 0 radical (unpaired) electrons. The minimum absolute atomic E-state index is 0.0270. The predicted octanol–water partition coefficient (Wildman–Crippen LogP) is 3.17. The number of rotatable bonds is 6. The number of nitrogens with one attached hydrogen (secondary N) is 1. The van der Waals surface area contributed by atoms with E-state index in [-0.39, 0.29) is 23.8 Å². The maximum Gasteiger partial charge on any atom is 0.265 e. The molecule has 2 amide bonds. The van der Waals surface area contributed by atoms with Crippen molar-refractivity contribution in [2.75, 3.05) is 13.1 Å². The third-order valence-electron chi connectivity index (χ3n) is 4.36. The Bertz CT molecular complexity index is 575. The maximum atomic E-state index is 12.8. The van der Waals surface area contributed by atoms with E-state index >= 15 is 0 Å². The monoisotopic (exact) mass is 351 g/mol. The van der Waals surface area contributed by atoms with Crippen molar-refractivity contribution >= 4 is 23.2 Å². The second kappa shape index (κ2) is 8.60. The molecule has 0 atom stereocenters. The fourth-order valence-corrected chi connectivity index (χ4v) is 4.05. The van der Waals surface area contributed by atoms with Gasteiger partial charge in [0.2, 0.25) is 5.91 Å². The number of aromatic nitrogens is 1. The van der Waals surface area contributed by atoms with Gasteiger partial charge < -0.3 is 10.2 Å². The number of thiazole rings is 1. The van der Waals surface area contributed by atoms with Gasteiger partial charge in [-0.05, 0) is 46.5 Å². The van der Waals surface area contributed by atoms with Crippen LogP contribution in [0.3, 0.4) is 0 Å². The topological polar surface area (TPSA) is 62.3 Å². The van der Waals surface area contributed by atoms with E-state index in [1.807, 2.05) is 25.7 Å². The molecule has 1 N–H and O–H groups in total. The lowest BCUT2D eigenvalue weighted by molar-refractivity contribution is -0.126. The number of likely N-dealkylation sites (tertiary alicyclic amines) is 1. The number of carbonyl (C=O) groups is 2. The molecule has 24 heavy (non-hydrogen) atoms. The predicted molar refractivity (Wildman–Crippen MR) is 97.4 cm³/mol. The van der Waals surface area contributed by atoms with Crippen molar-refractivity contribution in [2.45, 2.75) is 65.8 Å². The van der Waals surface area contributed by atoms with Crippen LogP contribution in [0, 0.1) is 12.8 Å². The Balaban J connectivity index is 1.93. The van der Waals surface area contributed by atoms with Gasteiger partial charge in [0.1, 0.15) is 4.88 Å². The zero-order chi connectivity index (χ0) is 17.7. The molecule has 0 aromatic carbocycles. The summed E-state index contributed by atoms with van der Waals surface area (Å²) in [5.41, 5.74) is 0.843. The Morgan fingerprint density at radius 1 is 1.33 bits per heavy atom. The molecule has 0 unspecified atom stereocenters. The van der Waals surface area contributed by atoms with Crippen molar-refractivity contribution in [1.29, 1.82) is 0 Å². The van der Waals surface area contributed by atoms with E-state index in [0.717, 1.165) is 47.7 Å². The number of carbonyl (C=O) groups excluding carboxylic acids is 2. The minimum atomic E-state index is 0.0270. The summed E-state index contributed by atoms with van der Waals surface area (Å²) in [6.07, 6.45) is 4.67. The third kappa shape index (κ3) is 4.79. The molecule has 1 aromatic heterocycles. The van der Waals surface area contributed by atoms with Crippen LogP contribution in [0.2, 0.25) is 0 Å². The van der Waals surface area contributed by atoms with Crippen LogP contribution in [-0.2, 0) is 11.2 Å². The normalized spacial score (nSPS) is 15.8. The summed E-state index contributed by atoms with van der Waals surface area (Å²) in [6.45, 7) is 9.32. The first-order chi connectivity index (χ1) is 11.4. The molecule has 6 heteroatoms. The van der Waals surface area contributed by atoms with Crippen molar-refractivity contribution in [1.82, 2.24) is 15.2 Å². The first-order valence-electron chi connectivity index (χ1n) is 8.98. The number of aryl methyl sites for hydroxylation is 2.